The number of benzene rings is 1. The Bertz CT molecular complexity index is 432. The molecule has 1 atom stereocenters. The maximum Gasteiger partial charge on any atom is 0.224 e. The molecule has 3 N–H and O–H groups in total. The van der Waals surface area contributed by atoms with Crippen LogP contribution in [0.4, 0.5) is 11.4 Å². The van der Waals surface area contributed by atoms with Gasteiger partial charge in [-0.1, -0.05) is 45.4 Å². The standard InChI is InChI=1S/C15H23ClN2O/c1-10(9-15(2,3)4)8-13(19)18-14-11(16)6-5-7-12(14)17/h5-7,10H,8-9,17H2,1-4H3,(H,18,19). The number of hydrogen-bond acceptors (Lipinski definition) is 2. The van der Waals surface area contributed by atoms with Gasteiger partial charge in [-0.2, -0.15) is 0 Å². The van der Waals surface area contributed by atoms with E-state index in [0.717, 1.165) is 6.42 Å². The summed E-state index contributed by atoms with van der Waals surface area (Å²) in [5.74, 6) is 0.278. The molecule has 0 bridgehead atoms. The van der Waals surface area contributed by atoms with Crippen molar-refractivity contribution in [2.24, 2.45) is 11.3 Å². The van der Waals surface area contributed by atoms with Crippen molar-refractivity contribution >= 4 is 28.9 Å². The molecule has 0 aliphatic rings. The molecular formula is C15H23ClN2O. The van der Waals surface area contributed by atoms with Gasteiger partial charge >= 0.3 is 0 Å². The first-order chi connectivity index (χ1) is 8.69. The Balaban J connectivity index is 2.61. The van der Waals surface area contributed by atoms with Gasteiger partial charge in [-0.3, -0.25) is 4.79 Å². The first kappa shape index (κ1) is 15.8. The molecule has 0 saturated heterocycles. The Morgan fingerprint density at radius 1 is 1.42 bits per heavy atom. The lowest BCUT2D eigenvalue weighted by atomic mass is 9.84. The van der Waals surface area contributed by atoms with Crippen LogP contribution in [0.1, 0.15) is 40.5 Å². The minimum atomic E-state index is -0.0449. The quantitative estimate of drug-likeness (QED) is 0.808. The van der Waals surface area contributed by atoms with E-state index in [0.29, 0.717) is 28.7 Å². The molecule has 0 fully saturated rings. The topological polar surface area (TPSA) is 55.1 Å². The molecule has 1 aromatic rings. The highest BCUT2D eigenvalue weighted by Crippen LogP contribution is 2.29. The molecule has 0 saturated carbocycles. The summed E-state index contributed by atoms with van der Waals surface area (Å²) in [6, 6.07) is 5.20. The number of anilines is 2. The molecule has 1 rings (SSSR count). The van der Waals surface area contributed by atoms with E-state index in [1.165, 1.54) is 0 Å². The van der Waals surface area contributed by atoms with Crippen LogP contribution in [0.2, 0.25) is 5.02 Å². The van der Waals surface area contributed by atoms with Crippen molar-refractivity contribution in [3.05, 3.63) is 23.2 Å². The fourth-order valence-electron chi connectivity index (χ4n) is 2.30. The van der Waals surface area contributed by atoms with Gasteiger partial charge in [0.25, 0.3) is 0 Å². The zero-order chi connectivity index (χ0) is 14.6. The van der Waals surface area contributed by atoms with Crippen LogP contribution in [0.5, 0.6) is 0 Å². The van der Waals surface area contributed by atoms with Crippen LogP contribution >= 0.6 is 11.6 Å². The molecule has 106 valence electrons. The van der Waals surface area contributed by atoms with Gasteiger partial charge in [0.15, 0.2) is 0 Å². The fraction of sp³-hybridized carbons (Fsp3) is 0.533. The summed E-state index contributed by atoms with van der Waals surface area (Å²) in [6.45, 7) is 8.61. The third-order valence-electron chi connectivity index (χ3n) is 2.80. The number of nitrogens with one attached hydrogen (secondary N) is 1. The molecule has 0 aliphatic heterocycles. The van der Waals surface area contributed by atoms with Gasteiger partial charge in [-0.15, -0.1) is 0 Å². The number of halogens is 1. The number of para-hydroxylation sites is 1. The third kappa shape index (κ3) is 5.52. The maximum atomic E-state index is 12.0. The Hall–Kier alpha value is -1.22. The molecule has 0 aliphatic carbocycles. The molecule has 3 nitrogen and oxygen atoms in total. The number of carbonyl (C=O) groups is 1. The highest BCUT2D eigenvalue weighted by molar-refractivity contribution is 6.34. The Labute approximate surface area is 120 Å². The van der Waals surface area contributed by atoms with Gasteiger partial charge in [-0.25, -0.2) is 0 Å². The molecule has 0 aromatic heterocycles. The molecule has 0 heterocycles. The first-order valence-electron chi connectivity index (χ1n) is 6.53. The van der Waals surface area contributed by atoms with E-state index in [-0.39, 0.29) is 11.3 Å². The van der Waals surface area contributed by atoms with Crippen molar-refractivity contribution in [1.29, 1.82) is 0 Å². The number of hydrogen-bond donors (Lipinski definition) is 2. The van der Waals surface area contributed by atoms with Crippen LogP contribution in [0.15, 0.2) is 18.2 Å². The van der Waals surface area contributed by atoms with E-state index in [2.05, 4.69) is 33.0 Å². The largest absolute Gasteiger partial charge is 0.397 e. The van der Waals surface area contributed by atoms with E-state index >= 15 is 0 Å². The predicted octanol–water partition coefficient (Wildman–Crippen LogP) is 4.32. The van der Waals surface area contributed by atoms with E-state index < -0.39 is 0 Å². The third-order valence-corrected chi connectivity index (χ3v) is 3.12. The predicted molar refractivity (Wildman–Crippen MR) is 82.3 cm³/mol. The lowest BCUT2D eigenvalue weighted by Gasteiger charge is -2.23. The highest BCUT2D eigenvalue weighted by Gasteiger charge is 2.18. The minimum absolute atomic E-state index is 0.0449. The van der Waals surface area contributed by atoms with Crippen LogP contribution in [0.25, 0.3) is 0 Å². The van der Waals surface area contributed by atoms with E-state index in [9.17, 15) is 4.79 Å². The molecule has 0 radical (unpaired) electrons. The second-order valence-corrected chi connectivity index (χ2v) is 6.73. The van der Waals surface area contributed by atoms with E-state index in [1.807, 2.05) is 0 Å². The number of nitrogen functional groups attached to an aromatic ring is 1. The summed E-state index contributed by atoms with van der Waals surface area (Å²) in [6.07, 6.45) is 1.47. The molecule has 0 spiro atoms. The van der Waals surface area contributed by atoms with Crippen molar-refractivity contribution in [2.75, 3.05) is 11.1 Å². The van der Waals surface area contributed by atoms with Gasteiger partial charge in [0, 0.05) is 6.42 Å². The number of amides is 1. The van der Waals surface area contributed by atoms with Gasteiger partial charge in [-0.05, 0) is 29.9 Å². The zero-order valence-corrected chi connectivity index (χ0v) is 12.8. The Morgan fingerprint density at radius 2 is 2.05 bits per heavy atom. The number of carbonyl (C=O) groups excluding carboxylic acids is 1. The minimum Gasteiger partial charge on any atom is -0.397 e. The second-order valence-electron chi connectivity index (χ2n) is 6.33. The van der Waals surface area contributed by atoms with Crippen LogP contribution in [-0.4, -0.2) is 5.91 Å². The van der Waals surface area contributed by atoms with Gasteiger partial charge in [0.2, 0.25) is 5.91 Å². The molecule has 4 heteroatoms. The molecule has 1 aromatic carbocycles. The smallest absolute Gasteiger partial charge is 0.224 e. The maximum absolute atomic E-state index is 12.0. The van der Waals surface area contributed by atoms with Crippen molar-refractivity contribution in [1.82, 2.24) is 0 Å². The lowest BCUT2D eigenvalue weighted by molar-refractivity contribution is -0.117. The second kappa shape index (κ2) is 6.29. The van der Waals surface area contributed by atoms with Crippen molar-refractivity contribution < 1.29 is 4.79 Å². The van der Waals surface area contributed by atoms with Gasteiger partial charge in [0.1, 0.15) is 0 Å². The monoisotopic (exact) mass is 282 g/mol. The van der Waals surface area contributed by atoms with Crippen molar-refractivity contribution in [2.45, 2.75) is 40.5 Å². The number of rotatable bonds is 4. The summed E-state index contributed by atoms with van der Waals surface area (Å²) in [7, 11) is 0. The van der Waals surface area contributed by atoms with Crippen molar-refractivity contribution in [3.8, 4) is 0 Å². The SMILES string of the molecule is CC(CC(=O)Nc1c(N)cccc1Cl)CC(C)(C)C. The summed E-state index contributed by atoms with van der Waals surface area (Å²) in [5, 5.41) is 3.27. The van der Waals surface area contributed by atoms with Crippen LogP contribution in [0.3, 0.4) is 0 Å². The normalized spacial score (nSPS) is 13.1. The van der Waals surface area contributed by atoms with Crippen LogP contribution in [-0.2, 0) is 4.79 Å². The van der Waals surface area contributed by atoms with Gasteiger partial charge in [0.05, 0.1) is 16.4 Å². The summed E-state index contributed by atoms with van der Waals surface area (Å²) < 4.78 is 0. The average molecular weight is 283 g/mol. The number of nitrogens with two attached hydrogens (primary N) is 1. The highest BCUT2D eigenvalue weighted by atomic mass is 35.5. The van der Waals surface area contributed by atoms with E-state index in [4.69, 9.17) is 17.3 Å². The lowest BCUT2D eigenvalue weighted by Crippen LogP contribution is -2.19. The average Bonchev–Trinajstić information content (AvgIpc) is 2.20. The van der Waals surface area contributed by atoms with E-state index in [1.54, 1.807) is 18.2 Å². The summed E-state index contributed by atoms with van der Waals surface area (Å²) in [4.78, 5) is 12.0. The molecule has 1 unspecified atom stereocenters. The Kier molecular flexibility index (Phi) is 5.24. The fourth-order valence-corrected chi connectivity index (χ4v) is 2.53. The molecule has 19 heavy (non-hydrogen) atoms. The summed E-state index contributed by atoms with van der Waals surface area (Å²) >= 11 is 6.02. The Morgan fingerprint density at radius 3 is 2.58 bits per heavy atom. The van der Waals surface area contributed by atoms with Crippen molar-refractivity contribution in [3.63, 3.8) is 0 Å². The summed E-state index contributed by atoms with van der Waals surface area (Å²) in [5.41, 5.74) is 7.03. The van der Waals surface area contributed by atoms with Crippen LogP contribution < -0.4 is 11.1 Å². The zero-order valence-electron chi connectivity index (χ0n) is 12.1. The van der Waals surface area contributed by atoms with Gasteiger partial charge < -0.3 is 11.1 Å². The van der Waals surface area contributed by atoms with Crippen LogP contribution in [0, 0.1) is 11.3 Å². The molecule has 1 amide bonds. The molecular weight excluding hydrogens is 260 g/mol. The first-order valence-corrected chi connectivity index (χ1v) is 6.90.